The van der Waals surface area contributed by atoms with Crippen molar-refractivity contribution >= 4 is 27.9 Å². The maximum atomic E-state index is 12.9. The van der Waals surface area contributed by atoms with Crippen LogP contribution in [0.5, 0.6) is 0 Å². The van der Waals surface area contributed by atoms with Crippen molar-refractivity contribution in [3.63, 3.8) is 0 Å². The fraction of sp³-hybridized carbons (Fsp3) is 0.483. The zero-order chi connectivity index (χ0) is 23.9. The van der Waals surface area contributed by atoms with Crippen molar-refractivity contribution in [2.75, 3.05) is 6.26 Å². The van der Waals surface area contributed by atoms with E-state index in [9.17, 15) is 9.00 Å². The maximum absolute atomic E-state index is 12.9. The van der Waals surface area contributed by atoms with Crippen LogP contribution in [0.25, 0.3) is 11.1 Å². The predicted octanol–water partition coefficient (Wildman–Crippen LogP) is 6.12. The number of rotatable bonds is 10. The maximum Gasteiger partial charge on any atom is 0.339 e. The minimum absolute atomic E-state index is 0.236. The topological polar surface area (TPSA) is 69.4 Å². The number of cyclic esters (lactones) is 1. The molecule has 2 aromatic carbocycles. The van der Waals surface area contributed by atoms with E-state index >= 15 is 0 Å². The van der Waals surface area contributed by atoms with Crippen LogP contribution in [-0.2, 0) is 20.3 Å². The van der Waals surface area contributed by atoms with Gasteiger partial charge in [0.15, 0.2) is 0 Å². The molecule has 4 rings (SSSR count). The van der Waals surface area contributed by atoms with Gasteiger partial charge >= 0.3 is 5.97 Å². The van der Waals surface area contributed by atoms with Crippen molar-refractivity contribution in [3.8, 4) is 0 Å². The first-order valence-corrected chi connectivity index (χ1v) is 14.3. The molecule has 2 aliphatic rings. The molecule has 1 saturated carbocycles. The van der Waals surface area contributed by atoms with Crippen LogP contribution in [0.3, 0.4) is 0 Å². The van der Waals surface area contributed by atoms with E-state index in [0.29, 0.717) is 11.6 Å². The molecule has 4 nitrogen and oxygen atoms in total. The Kier molecular flexibility index (Phi) is 8.74. The number of carbonyl (C=O) groups excluding carboxylic acids is 1. The molecule has 0 radical (unpaired) electrons. The van der Waals surface area contributed by atoms with Gasteiger partial charge in [0.25, 0.3) is 0 Å². The van der Waals surface area contributed by atoms with Crippen molar-refractivity contribution in [1.82, 2.24) is 0 Å². The highest BCUT2D eigenvalue weighted by Gasteiger charge is 2.35. The number of benzene rings is 2. The van der Waals surface area contributed by atoms with Gasteiger partial charge in [0.1, 0.15) is 6.10 Å². The minimum atomic E-state index is -1.03. The number of hydrogen-bond acceptors (Lipinski definition) is 4. The lowest BCUT2D eigenvalue weighted by Gasteiger charge is -2.25. The molecule has 2 N–H and O–H groups in total. The molecule has 2 aromatic rings. The number of carbonyl (C=O) groups is 1. The monoisotopic (exact) mass is 479 g/mol. The van der Waals surface area contributed by atoms with E-state index in [1.807, 2.05) is 54.6 Å². The van der Waals surface area contributed by atoms with Crippen molar-refractivity contribution < 1.29 is 13.7 Å². The second-order valence-electron chi connectivity index (χ2n) is 9.80. The lowest BCUT2D eigenvalue weighted by Crippen LogP contribution is -2.26. The SMILES string of the molecule is CS(=O)c1ccc(C2=C(c3ccccc3)C(=O)OC2CCCCCCC2CCC(N)CC2)cc1. The third-order valence-corrected chi connectivity index (χ3v) is 8.26. The Balaban J connectivity index is 1.40. The molecule has 5 heteroatoms. The number of unbranched alkanes of at least 4 members (excludes halogenated alkanes) is 3. The molecule has 0 bridgehead atoms. The summed E-state index contributed by atoms with van der Waals surface area (Å²) in [4.78, 5) is 13.7. The van der Waals surface area contributed by atoms with E-state index in [4.69, 9.17) is 10.5 Å². The summed E-state index contributed by atoms with van der Waals surface area (Å²) in [7, 11) is -1.03. The van der Waals surface area contributed by atoms with Crippen molar-refractivity contribution in [1.29, 1.82) is 0 Å². The summed E-state index contributed by atoms with van der Waals surface area (Å²) in [5.41, 5.74) is 9.51. The molecule has 0 aromatic heterocycles. The van der Waals surface area contributed by atoms with Crippen LogP contribution in [0.1, 0.15) is 75.3 Å². The second kappa shape index (κ2) is 11.9. The summed E-state index contributed by atoms with van der Waals surface area (Å²) in [6, 6.07) is 17.9. The van der Waals surface area contributed by atoms with Crippen LogP contribution in [0.2, 0.25) is 0 Å². The summed E-state index contributed by atoms with van der Waals surface area (Å²) in [6.45, 7) is 0. The molecule has 1 aliphatic heterocycles. The summed E-state index contributed by atoms with van der Waals surface area (Å²) >= 11 is 0. The highest BCUT2D eigenvalue weighted by atomic mass is 32.2. The molecule has 1 fully saturated rings. The molecule has 0 saturated heterocycles. The second-order valence-corrected chi connectivity index (χ2v) is 11.2. The average Bonchev–Trinajstić information content (AvgIpc) is 3.18. The largest absolute Gasteiger partial charge is 0.454 e. The van der Waals surface area contributed by atoms with Gasteiger partial charge in [-0.05, 0) is 67.7 Å². The molecule has 34 heavy (non-hydrogen) atoms. The first kappa shape index (κ1) is 24.9. The first-order chi connectivity index (χ1) is 16.5. The zero-order valence-corrected chi connectivity index (χ0v) is 21.0. The molecule has 1 aliphatic carbocycles. The van der Waals surface area contributed by atoms with Gasteiger partial charge in [-0.1, -0.05) is 68.1 Å². The van der Waals surface area contributed by atoms with Crippen LogP contribution >= 0.6 is 0 Å². The van der Waals surface area contributed by atoms with E-state index in [2.05, 4.69) is 0 Å². The summed E-state index contributed by atoms with van der Waals surface area (Å²) in [5.74, 6) is 0.615. The third kappa shape index (κ3) is 6.25. The molecular weight excluding hydrogens is 442 g/mol. The van der Waals surface area contributed by atoms with Crippen LogP contribution in [0, 0.1) is 5.92 Å². The number of nitrogens with two attached hydrogens (primary N) is 1. The fourth-order valence-electron chi connectivity index (χ4n) is 5.35. The average molecular weight is 480 g/mol. The van der Waals surface area contributed by atoms with Crippen LogP contribution in [0.15, 0.2) is 59.5 Å². The van der Waals surface area contributed by atoms with Crippen molar-refractivity contribution in [3.05, 3.63) is 65.7 Å². The smallest absolute Gasteiger partial charge is 0.339 e. The Morgan fingerprint density at radius 3 is 2.15 bits per heavy atom. The Bertz CT molecular complexity index is 1010. The number of ether oxygens (including phenoxy) is 1. The molecule has 0 spiro atoms. The van der Waals surface area contributed by atoms with E-state index in [1.165, 1.54) is 44.9 Å². The van der Waals surface area contributed by atoms with Crippen LogP contribution < -0.4 is 5.73 Å². The standard InChI is InChI=1S/C29H37NO3S/c1-34(32)25-19-15-23(16-20-25)27-26(33-29(31)28(27)22-10-6-4-7-11-22)12-8-3-2-5-9-21-13-17-24(30)18-14-21/h4,6-7,10-11,15-16,19-21,24,26H,2-3,5,8-9,12-14,17-18,30H2,1H3. The van der Waals surface area contributed by atoms with E-state index in [-0.39, 0.29) is 12.1 Å². The Labute approximate surface area is 206 Å². The van der Waals surface area contributed by atoms with Gasteiger partial charge in [-0.3, -0.25) is 4.21 Å². The van der Waals surface area contributed by atoms with Crippen LogP contribution in [0.4, 0.5) is 0 Å². The molecular formula is C29H37NO3S. The fourth-order valence-corrected chi connectivity index (χ4v) is 5.87. The highest BCUT2D eigenvalue weighted by Crippen LogP contribution is 2.39. The van der Waals surface area contributed by atoms with Gasteiger partial charge in [0.2, 0.25) is 0 Å². The van der Waals surface area contributed by atoms with Gasteiger partial charge in [0, 0.05) is 33.6 Å². The molecule has 182 valence electrons. The Morgan fingerprint density at radius 2 is 1.50 bits per heavy atom. The quantitative estimate of drug-likeness (QED) is 0.329. The summed E-state index contributed by atoms with van der Waals surface area (Å²) in [6.07, 6.45) is 13.2. The molecule has 2 unspecified atom stereocenters. The van der Waals surface area contributed by atoms with E-state index in [1.54, 1.807) is 6.26 Å². The van der Waals surface area contributed by atoms with Crippen molar-refractivity contribution in [2.24, 2.45) is 11.7 Å². The summed E-state index contributed by atoms with van der Waals surface area (Å²) < 4.78 is 17.7. The van der Waals surface area contributed by atoms with Crippen molar-refractivity contribution in [2.45, 2.75) is 81.2 Å². The van der Waals surface area contributed by atoms with E-state index < -0.39 is 10.8 Å². The summed E-state index contributed by atoms with van der Waals surface area (Å²) in [5, 5.41) is 0. The number of esters is 1. The third-order valence-electron chi connectivity index (χ3n) is 7.32. The van der Waals surface area contributed by atoms with Gasteiger partial charge < -0.3 is 10.5 Å². The van der Waals surface area contributed by atoms with E-state index in [0.717, 1.165) is 46.8 Å². The van der Waals surface area contributed by atoms with Crippen LogP contribution in [-0.4, -0.2) is 28.6 Å². The normalized spacial score (nSPS) is 23.7. The molecule has 0 amide bonds. The predicted molar refractivity (Wildman–Crippen MR) is 140 cm³/mol. The highest BCUT2D eigenvalue weighted by molar-refractivity contribution is 7.84. The Morgan fingerprint density at radius 1 is 0.853 bits per heavy atom. The molecule has 2 atom stereocenters. The van der Waals surface area contributed by atoms with Gasteiger partial charge in [-0.2, -0.15) is 0 Å². The number of hydrogen-bond donors (Lipinski definition) is 1. The zero-order valence-electron chi connectivity index (χ0n) is 20.2. The first-order valence-electron chi connectivity index (χ1n) is 12.7. The lowest BCUT2D eigenvalue weighted by atomic mass is 9.83. The minimum Gasteiger partial charge on any atom is -0.454 e. The van der Waals surface area contributed by atoms with Gasteiger partial charge in [0.05, 0.1) is 5.57 Å². The van der Waals surface area contributed by atoms with Gasteiger partial charge in [-0.15, -0.1) is 0 Å². The lowest BCUT2D eigenvalue weighted by molar-refractivity contribution is -0.137. The Hall–Kier alpha value is -2.24. The van der Waals surface area contributed by atoms with Gasteiger partial charge in [-0.25, -0.2) is 4.79 Å². The molecule has 1 heterocycles.